The van der Waals surface area contributed by atoms with E-state index in [0.29, 0.717) is 22.6 Å². The molecule has 0 aromatic heterocycles. The second-order valence-electron chi connectivity index (χ2n) is 9.28. The van der Waals surface area contributed by atoms with Gasteiger partial charge < -0.3 is 20.3 Å². The molecule has 2 N–H and O–H groups in total. The van der Waals surface area contributed by atoms with Crippen molar-refractivity contribution < 1.29 is 19.1 Å². The van der Waals surface area contributed by atoms with Gasteiger partial charge in [0.2, 0.25) is 0 Å². The first kappa shape index (κ1) is 29.2. The third-order valence-corrected chi connectivity index (χ3v) is 7.16. The summed E-state index contributed by atoms with van der Waals surface area (Å²) >= 11 is 1.41. The average Bonchev–Trinajstić information content (AvgIpc) is 3.01. The summed E-state index contributed by atoms with van der Waals surface area (Å²) in [5.74, 6) is 0.152. The molecule has 0 aliphatic rings. The summed E-state index contributed by atoms with van der Waals surface area (Å²) < 4.78 is 5.14. The Hall–Kier alpha value is -4.82. The number of hydrogen-bond donors (Lipinski definition) is 2. The molecule has 0 aliphatic heterocycles. The number of anilines is 2. The molecule has 4 aromatic rings. The van der Waals surface area contributed by atoms with E-state index < -0.39 is 5.91 Å². The summed E-state index contributed by atoms with van der Waals surface area (Å²) in [4.78, 5) is 41.6. The van der Waals surface area contributed by atoms with Gasteiger partial charge in [0.15, 0.2) is 5.78 Å². The largest absolute Gasteiger partial charge is 0.497 e. The normalized spacial score (nSPS) is 11.0. The number of rotatable bonds is 11. The molecule has 8 heteroatoms. The van der Waals surface area contributed by atoms with Crippen molar-refractivity contribution in [3.8, 4) is 5.75 Å². The number of thioether (sulfide) groups is 1. The summed E-state index contributed by atoms with van der Waals surface area (Å²) in [6.07, 6.45) is 1.64. The lowest BCUT2D eigenvalue weighted by atomic mass is 10.1. The molecule has 4 aromatic carbocycles. The Bertz CT molecular complexity index is 1520. The van der Waals surface area contributed by atoms with Crippen LogP contribution in [0.1, 0.15) is 26.3 Å². The number of methoxy groups -OCH3 is 1. The van der Waals surface area contributed by atoms with Crippen LogP contribution in [0.25, 0.3) is 6.08 Å². The first-order valence-corrected chi connectivity index (χ1v) is 13.9. The molecule has 2 amide bonds. The van der Waals surface area contributed by atoms with Crippen LogP contribution in [-0.2, 0) is 4.79 Å². The standard InChI is InChI=1S/C33H31N3O4S/c1-36(2)27-15-9-23(10-16-27)21-30(35-32(38)25-7-5-4-6-8-25)33(39)34-26-13-19-29(20-14-26)41-22-31(37)24-11-17-28(40-3)18-12-24/h4-21H,22H2,1-3H3,(H,34,39)(H,35,38)/b30-21-. The number of carbonyl (C=O) groups is 3. The van der Waals surface area contributed by atoms with Crippen molar-refractivity contribution in [3.63, 3.8) is 0 Å². The van der Waals surface area contributed by atoms with Gasteiger partial charge >= 0.3 is 0 Å². The van der Waals surface area contributed by atoms with Crippen molar-refractivity contribution in [3.05, 3.63) is 126 Å². The van der Waals surface area contributed by atoms with Gasteiger partial charge in [-0.05, 0) is 84.4 Å². The molecular formula is C33H31N3O4S. The number of nitrogens with zero attached hydrogens (tertiary/aromatic N) is 1. The number of Topliss-reactive ketones (excluding diaryl/α,β-unsaturated/α-hetero) is 1. The molecule has 0 spiro atoms. The number of ether oxygens (including phenoxy) is 1. The Morgan fingerprint density at radius 3 is 2.07 bits per heavy atom. The maximum atomic E-state index is 13.3. The van der Waals surface area contributed by atoms with Crippen LogP contribution >= 0.6 is 11.8 Å². The maximum Gasteiger partial charge on any atom is 0.272 e. The van der Waals surface area contributed by atoms with E-state index in [2.05, 4.69) is 10.6 Å². The van der Waals surface area contributed by atoms with Crippen molar-refractivity contribution in [2.45, 2.75) is 4.90 Å². The lowest BCUT2D eigenvalue weighted by Gasteiger charge is -2.13. The van der Waals surface area contributed by atoms with Gasteiger partial charge in [0.1, 0.15) is 11.4 Å². The van der Waals surface area contributed by atoms with E-state index >= 15 is 0 Å². The van der Waals surface area contributed by atoms with E-state index in [1.165, 1.54) is 11.8 Å². The summed E-state index contributed by atoms with van der Waals surface area (Å²) in [5.41, 5.74) is 3.52. The molecule has 4 rings (SSSR count). The third kappa shape index (κ3) is 8.33. The summed E-state index contributed by atoms with van der Waals surface area (Å²) in [6, 6.07) is 30.6. The van der Waals surface area contributed by atoms with Crippen LogP contribution in [-0.4, -0.2) is 44.6 Å². The Labute approximate surface area is 244 Å². The van der Waals surface area contributed by atoms with Crippen LogP contribution in [0.2, 0.25) is 0 Å². The predicted octanol–water partition coefficient (Wildman–Crippen LogP) is 6.15. The van der Waals surface area contributed by atoms with Gasteiger partial charge in [-0.3, -0.25) is 14.4 Å². The van der Waals surface area contributed by atoms with E-state index in [-0.39, 0.29) is 23.1 Å². The van der Waals surface area contributed by atoms with Crippen LogP contribution in [0.15, 0.2) is 114 Å². The highest BCUT2D eigenvalue weighted by Gasteiger charge is 2.15. The molecule has 0 saturated carbocycles. The number of nitrogens with one attached hydrogen (secondary N) is 2. The fraction of sp³-hybridized carbons (Fsp3) is 0.121. The highest BCUT2D eigenvalue weighted by molar-refractivity contribution is 8.00. The number of hydrogen-bond acceptors (Lipinski definition) is 6. The van der Waals surface area contributed by atoms with Crippen LogP contribution in [0, 0.1) is 0 Å². The molecule has 0 atom stereocenters. The summed E-state index contributed by atoms with van der Waals surface area (Å²) in [6.45, 7) is 0. The second kappa shape index (κ2) is 14.0. The van der Waals surface area contributed by atoms with Gasteiger partial charge in [-0.15, -0.1) is 11.8 Å². The summed E-state index contributed by atoms with van der Waals surface area (Å²) in [5, 5.41) is 5.62. The highest BCUT2D eigenvalue weighted by atomic mass is 32.2. The van der Waals surface area contributed by atoms with Crippen LogP contribution in [0.4, 0.5) is 11.4 Å². The number of ketones is 1. The first-order valence-electron chi connectivity index (χ1n) is 12.9. The van der Waals surface area contributed by atoms with Crippen LogP contribution in [0.3, 0.4) is 0 Å². The Morgan fingerprint density at radius 1 is 0.805 bits per heavy atom. The zero-order valence-corrected chi connectivity index (χ0v) is 23.9. The second-order valence-corrected chi connectivity index (χ2v) is 10.3. The van der Waals surface area contributed by atoms with Gasteiger partial charge in [-0.1, -0.05) is 30.3 Å². The van der Waals surface area contributed by atoms with Gasteiger partial charge in [0.05, 0.1) is 12.9 Å². The third-order valence-electron chi connectivity index (χ3n) is 6.14. The van der Waals surface area contributed by atoms with Crippen molar-refractivity contribution in [2.24, 2.45) is 0 Å². The van der Waals surface area contributed by atoms with E-state index in [9.17, 15) is 14.4 Å². The van der Waals surface area contributed by atoms with Gasteiger partial charge in [-0.25, -0.2) is 0 Å². The van der Waals surface area contributed by atoms with Crippen LogP contribution < -0.4 is 20.3 Å². The van der Waals surface area contributed by atoms with Crippen molar-refractivity contribution in [1.82, 2.24) is 5.32 Å². The lowest BCUT2D eigenvalue weighted by Crippen LogP contribution is -2.30. The molecule has 0 radical (unpaired) electrons. The molecule has 208 valence electrons. The van der Waals surface area contributed by atoms with E-state index in [0.717, 1.165) is 16.1 Å². The monoisotopic (exact) mass is 565 g/mol. The maximum absolute atomic E-state index is 13.3. The molecule has 41 heavy (non-hydrogen) atoms. The first-order chi connectivity index (χ1) is 19.8. The minimum absolute atomic E-state index is 0.0117. The minimum atomic E-state index is -0.457. The molecule has 0 fully saturated rings. The molecule has 0 aliphatic carbocycles. The van der Waals surface area contributed by atoms with Crippen molar-refractivity contribution >= 4 is 46.8 Å². The van der Waals surface area contributed by atoms with Gasteiger partial charge in [0, 0.05) is 41.5 Å². The Kier molecular flexibility index (Phi) is 9.96. The zero-order chi connectivity index (χ0) is 29.2. The van der Waals surface area contributed by atoms with Crippen LogP contribution in [0.5, 0.6) is 5.75 Å². The molecule has 7 nitrogen and oxygen atoms in total. The topological polar surface area (TPSA) is 87.7 Å². The minimum Gasteiger partial charge on any atom is -0.497 e. The lowest BCUT2D eigenvalue weighted by molar-refractivity contribution is -0.113. The molecule has 0 heterocycles. The smallest absolute Gasteiger partial charge is 0.272 e. The highest BCUT2D eigenvalue weighted by Crippen LogP contribution is 2.23. The van der Waals surface area contributed by atoms with Gasteiger partial charge in [-0.2, -0.15) is 0 Å². The zero-order valence-electron chi connectivity index (χ0n) is 23.1. The number of carbonyl (C=O) groups excluding carboxylic acids is 3. The molecule has 0 saturated heterocycles. The Balaban J connectivity index is 1.44. The molecule has 0 bridgehead atoms. The molecular weight excluding hydrogens is 534 g/mol. The Morgan fingerprint density at radius 2 is 1.46 bits per heavy atom. The van der Waals surface area contributed by atoms with Gasteiger partial charge in [0.25, 0.3) is 11.8 Å². The van der Waals surface area contributed by atoms with Crippen molar-refractivity contribution in [2.75, 3.05) is 37.2 Å². The SMILES string of the molecule is COc1ccc(C(=O)CSc2ccc(NC(=O)/C(=C/c3ccc(N(C)C)cc3)NC(=O)c3ccccc3)cc2)cc1. The quantitative estimate of drug-likeness (QED) is 0.129. The number of benzene rings is 4. The number of amides is 2. The van der Waals surface area contributed by atoms with E-state index in [1.54, 1.807) is 73.8 Å². The van der Waals surface area contributed by atoms with E-state index in [1.807, 2.05) is 61.5 Å². The molecule has 0 unspecified atom stereocenters. The fourth-order valence-corrected chi connectivity index (χ4v) is 4.61. The average molecular weight is 566 g/mol. The fourth-order valence-electron chi connectivity index (χ4n) is 3.82. The van der Waals surface area contributed by atoms with Crippen molar-refractivity contribution in [1.29, 1.82) is 0 Å². The predicted molar refractivity (Wildman–Crippen MR) is 166 cm³/mol. The summed E-state index contributed by atoms with van der Waals surface area (Å²) in [7, 11) is 5.49. The van der Waals surface area contributed by atoms with E-state index in [4.69, 9.17) is 4.74 Å².